The van der Waals surface area contributed by atoms with E-state index in [9.17, 15) is 0 Å². The second-order valence-electron chi connectivity index (χ2n) is 4.66. The Labute approximate surface area is 104 Å². The van der Waals surface area contributed by atoms with Crippen LogP contribution in [0.3, 0.4) is 0 Å². The molecule has 94 valence electrons. The van der Waals surface area contributed by atoms with E-state index in [0.29, 0.717) is 0 Å². The van der Waals surface area contributed by atoms with Gasteiger partial charge in [0.05, 0.1) is 0 Å². The Morgan fingerprint density at radius 2 is 1.94 bits per heavy atom. The van der Waals surface area contributed by atoms with Crippen LogP contribution >= 0.6 is 0 Å². The Balaban J connectivity index is 2.32. The Morgan fingerprint density at radius 1 is 1.29 bits per heavy atom. The lowest BCUT2D eigenvalue weighted by Gasteiger charge is -2.08. The van der Waals surface area contributed by atoms with Crippen LogP contribution < -0.4 is 10.1 Å². The minimum absolute atomic E-state index is 0.216. The lowest BCUT2D eigenvalue weighted by atomic mass is 10.1. The monoisotopic (exact) mass is 234 g/mol. The fraction of sp³-hybridized carbons (Fsp3) is 0.500. The van der Waals surface area contributed by atoms with Crippen molar-refractivity contribution in [2.45, 2.75) is 33.7 Å². The normalized spacial score (nSPS) is 10.6. The van der Waals surface area contributed by atoms with Crippen molar-refractivity contribution in [3.8, 4) is 5.75 Å². The van der Waals surface area contributed by atoms with Crippen LogP contribution in [-0.4, -0.2) is 12.4 Å². The van der Waals surface area contributed by atoms with Gasteiger partial charge in [-0.25, -0.2) is 0 Å². The Kier molecular flexibility index (Phi) is 5.70. The third-order valence-corrected chi connectivity index (χ3v) is 2.42. The molecule has 0 radical (unpaired) electrons. The number of hydrogen-bond donors (Lipinski definition) is 2. The molecular formula is C14H22N2O. The van der Waals surface area contributed by atoms with Crippen LogP contribution in [0, 0.1) is 11.3 Å². The van der Waals surface area contributed by atoms with Gasteiger partial charge in [0.25, 0.3) is 0 Å². The molecule has 0 saturated heterocycles. The molecule has 0 aliphatic carbocycles. The minimum Gasteiger partial charge on any atom is -0.444 e. The van der Waals surface area contributed by atoms with Crippen molar-refractivity contribution in [3.05, 3.63) is 29.8 Å². The molecule has 0 aliphatic heterocycles. The molecule has 3 heteroatoms. The van der Waals surface area contributed by atoms with Crippen LogP contribution in [0.25, 0.3) is 0 Å². The summed E-state index contributed by atoms with van der Waals surface area (Å²) in [5.41, 5.74) is 1.24. The number of rotatable bonds is 6. The smallest absolute Gasteiger partial charge is 0.184 e. The van der Waals surface area contributed by atoms with Crippen LogP contribution in [0.1, 0.15) is 32.8 Å². The zero-order valence-corrected chi connectivity index (χ0v) is 10.9. The van der Waals surface area contributed by atoms with E-state index in [1.165, 1.54) is 12.0 Å². The first-order chi connectivity index (χ1) is 8.08. The van der Waals surface area contributed by atoms with Crippen LogP contribution in [0.4, 0.5) is 0 Å². The van der Waals surface area contributed by atoms with Gasteiger partial charge in [-0.15, -0.1) is 0 Å². The van der Waals surface area contributed by atoms with E-state index in [-0.39, 0.29) is 5.90 Å². The maximum Gasteiger partial charge on any atom is 0.184 e. The van der Waals surface area contributed by atoms with E-state index >= 15 is 0 Å². The zero-order chi connectivity index (χ0) is 12.7. The van der Waals surface area contributed by atoms with Gasteiger partial charge in [0, 0.05) is 13.5 Å². The molecule has 0 saturated carbocycles. The number of ether oxygens (including phenoxy) is 1. The summed E-state index contributed by atoms with van der Waals surface area (Å²) >= 11 is 0. The molecule has 0 unspecified atom stereocenters. The molecule has 0 fully saturated rings. The minimum atomic E-state index is 0.216. The molecule has 0 spiro atoms. The van der Waals surface area contributed by atoms with E-state index in [0.717, 1.165) is 24.8 Å². The van der Waals surface area contributed by atoms with Gasteiger partial charge in [-0.1, -0.05) is 26.0 Å². The quantitative estimate of drug-likeness (QED) is 0.451. The van der Waals surface area contributed by atoms with Crippen molar-refractivity contribution < 1.29 is 4.74 Å². The third kappa shape index (κ3) is 6.07. The van der Waals surface area contributed by atoms with Crippen molar-refractivity contribution in [3.63, 3.8) is 0 Å². The van der Waals surface area contributed by atoms with Crippen LogP contribution in [0.2, 0.25) is 0 Å². The maximum absolute atomic E-state index is 7.23. The van der Waals surface area contributed by atoms with Crippen LogP contribution in [0.15, 0.2) is 24.3 Å². The summed E-state index contributed by atoms with van der Waals surface area (Å²) in [4.78, 5) is 0. The average molecular weight is 234 g/mol. The van der Waals surface area contributed by atoms with Crippen molar-refractivity contribution in [1.29, 1.82) is 5.41 Å². The Morgan fingerprint density at radius 3 is 2.47 bits per heavy atom. The van der Waals surface area contributed by atoms with Crippen LogP contribution in [0.5, 0.6) is 5.75 Å². The topological polar surface area (TPSA) is 45.1 Å². The molecule has 1 aromatic rings. The molecule has 1 aromatic carbocycles. The molecule has 1 rings (SSSR count). The van der Waals surface area contributed by atoms with Gasteiger partial charge in [0.1, 0.15) is 5.75 Å². The maximum atomic E-state index is 7.23. The highest BCUT2D eigenvalue weighted by atomic mass is 16.5. The highest BCUT2D eigenvalue weighted by molar-refractivity contribution is 5.72. The van der Waals surface area contributed by atoms with Crippen molar-refractivity contribution in [2.75, 3.05) is 6.54 Å². The molecule has 0 bridgehead atoms. The third-order valence-electron chi connectivity index (χ3n) is 2.42. The highest BCUT2D eigenvalue weighted by Crippen LogP contribution is 2.12. The van der Waals surface area contributed by atoms with E-state index in [2.05, 4.69) is 19.2 Å². The van der Waals surface area contributed by atoms with Crippen molar-refractivity contribution in [2.24, 2.45) is 5.92 Å². The number of hydrogen-bond acceptors (Lipinski definition) is 3. The van der Waals surface area contributed by atoms with E-state index in [4.69, 9.17) is 10.1 Å². The van der Waals surface area contributed by atoms with Gasteiger partial charge in [-0.2, -0.15) is 0 Å². The fourth-order valence-electron chi connectivity index (χ4n) is 1.48. The predicted molar refractivity (Wildman–Crippen MR) is 71.6 cm³/mol. The van der Waals surface area contributed by atoms with E-state index in [1.807, 2.05) is 24.3 Å². The summed E-state index contributed by atoms with van der Waals surface area (Å²) < 4.78 is 5.19. The van der Waals surface area contributed by atoms with Gasteiger partial charge in [0.2, 0.25) is 0 Å². The number of nitrogens with one attached hydrogen (secondary N) is 2. The molecule has 0 aliphatic rings. The second kappa shape index (κ2) is 7.07. The lowest BCUT2D eigenvalue weighted by molar-refractivity contribution is 0.534. The number of benzene rings is 1. The van der Waals surface area contributed by atoms with Crippen LogP contribution in [-0.2, 0) is 6.54 Å². The molecule has 0 aromatic heterocycles. The first-order valence-electron chi connectivity index (χ1n) is 6.10. The summed E-state index contributed by atoms with van der Waals surface area (Å²) in [5.74, 6) is 1.69. The van der Waals surface area contributed by atoms with Crippen molar-refractivity contribution in [1.82, 2.24) is 5.32 Å². The second-order valence-corrected chi connectivity index (χ2v) is 4.66. The molecule has 3 nitrogen and oxygen atoms in total. The van der Waals surface area contributed by atoms with Gasteiger partial charge in [0.15, 0.2) is 5.90 Å². The van der Waals surface area contributed by atoms with E-state index in [1.54, 1.807) is 6.92 Å². The SMILES string of the molecule is CC(=N)Oc1ccc(CNCCC(C)C)cc1. The van der Waals surface area contributed by atoms with Gasteiger partial charge < -0.3 is 10.1 Å². The first kappa shape index (κ1) is 13.7. The zero-order valence-electron chi connectivity index (χ0n) is 10.9. The summed E-state index contributed by atoms with van der Waals surface area (Å²) in [7, 11) is 0. The van der Waals surface area contributed by atoms with Crippen molar-refractivity contribution >= 4 is 5.90 Å². The summed E-state index contributed by atoms with van der Waals surface area (Å²) in [6.45, 7) is 8.02. The molecule has 0 heterocycles. The molecule has 0 atom stereocenters. The largest absolute Gasteiger partial charge is 0.444 e. The highest BCUT2D eigenvalue weighted by Gasteiger charge is 1.97. The van der Waals surface area contributed by atoms with Gasteiger partial charge in [-0.3, -0.25) is 5.41 Å². The van der Waals surface area contributed by atoms with Gasteiger partial charge >= 0.3 is 0 Å². The Hall–Kier alpha value is -1.35. The molecule has 17 heavy (non-hydrogen) atoms. The summed E-state index contributed by atoms with van der Waals surface area (Å²) in [5, 5.41) is 10.6. The Bertz CT molecular complexity index is 344. The standard InChI is InChI=1S/C14H22N2O/c1-11(2)8-9-16-10-13-4-6-14(7-5-13)17-12(3)15/h4-7,11,15-16H,8-10H2,1-3H3. The average Bonchev–Trinajstić information content (AvgIpc) is 2.25. The van der Waals surface area contributed by atoms with E-state index < -0.39 is 0 Å². The molecule has 0 amide bonds. The predicted octanol–water partition coefficient (Wildman–Crippen LogP) is 3.20. The lowest BCUT2D eigenvalue weighted by Crippen LogP contribution is -2.16. The summed E-state index contributed by atoms with van der Waals surface area (Å²) in [6, 6.07) is 7.86. The molecule has 2 N–H and O–H groups in total. The first-order valence-corrected chi connectivity index (χ1v) is 6.10. The fourth-order valence-corrected chi connectivity index (χ4v) is 1.48. The van der Waals surface area contributed by atoms with Gasteiger partial charge in [-0.05, 0) is 36.6 Å². The molecular weight excluding hydrogens is 212 g/mol. The summed E-state index contributed by atoms with van der Waals surface area (Å²) in [6.07, 6.45) is 1.20.